The van der Waals surface area contributed by atoms with E-state index in [9.17, 15) is 4.79 Å². The van der Waals surface area contributed by atoms with Crippen LogP contribution in [0.1, 0.15) is 39.5 Å². The molecule has 0 heterocycles. The Morgan fingerprint density at radius 3 is 1.54 bits per heavy atom. The van der Waals surface area contributed by atoms with Crippen LogP contribution in [-0.4, -0.2) is 19.4 Å². The molecule has 0 saturated carbocycles. The van der Waals surface area contributed by atoms with Crippen LogP contribution in [0.15, 0.2) is 0 Å². The van der Waals surface area contributed by atoms with E-state index in [1.54, 1.807) is 0 Å². The minimum Gasteiger partial charge on any atom is -0.330 e. The third kappa shape index (κ3) is 14.4. The molecule has 0 bridgehead atoms. The van der Waals surface area contributed by atoms with Crippen LogP contribution in [0.2, 0.25) is 0 Å². The fourth-order valence-electron chi connectivity index (χ4n) is 0.770. The van der Waals surface area contributed by atoms with Crippen molar-refractivity contribution in [3.63, 3.8) is 0 Å². The lowest BCUT2D eigenvalue weighted by Gasteiger charge is -1.97. The number of aldehydes is 1. The second-order valence-corrected chi connectivity index (χ2v) is 3.00. The summed E-state index contributed by atoms with van der Waals surface area (Å²) in [5, 5.41) is 0. The number of hydrogen-bond donors (Lipinski definition) is 2. The summed E-state index contributed by atoms with van der Waals surface area (Å²) in [6.07, 6.45) is 5.13. The SMILES string of the molecule is CCC(C=O)CC.NCCCCN. The van der Waals surface area contributed by atoms with Crippen molar-refractivity contribution < 1.29 is 4.79 Å². The van der Waals surface area contributed by atoms with Crippen molar-refractivity contribution >= 4 is 6.29 Å². The zero-order chi connectivity index (χ0) is 10.5. The lowest BCUT2D eigenvalue weighted by atomic mass is 10.1. The quantitative estimate of drug-likeness (QED) is 0.487. The minimum atomic E-state index is 0.306. The summed E-state index contributed by atoms with van der Waals surface area (Å²) < 4.78 is 0. The van der Waals surface area contributed by atoms with Crippen LogP contribution in [0.5, 0.6) is 0 Å². The zero-order valence-corrected chi connectivity index (χ0v) is 8.96. The predicted octanol–water partition coefficient (Wildman–Crippen LogP) is 1.31. The maximum atomic E-state index is 9.97. The normalized spacial score (nSPS) is 9.31. The van der Waals surface area contributed by atoms with E-state index >= 15 is 0 Å². The summed E-state index contributed by atoms with van der Waals surface area (Å²) in [4.78, 5) is 9.97. The van der Waals surface area contributed by atoms with E-state index in [0.29, 0.717) is 5.92 Å². The molecule has 13 heavy (non-hydrogen) atoms. The molecule has 3 heteroatoms. The first-order valence-corrected chi connectivity index (χ1v) is 5.12. The van der Waals surface area contributed by atoms with Crippen LogP contribution >= 0.6 is 0 Å². The molecule has 0 aromatic rings. The molecule has 0 amide bonds. The number of unbranched alkanes of at least 4 members (excludes halogenated alkanes) is 1. The molecule has 0 aliphatic rings. The first kappa shape index (κ1) is 15.1. The van der Waals surface area contributed by atoms with E-state index in [4.69, 9.17) is 11.5 Å². The van der Waals surface area contributed by atoms with Gasteiger partial charge in [0.2, 0.25) is 0 Å². The third-order valence-electron chi connectivity index (χ3n) is 1.90. The van der Waals surface area contributed by atoms with Crippen molar-refractivity contribution in [3.8, 4) is 0 Å². The first-order chi connectivity index (χ1) is 6.26. The molecule has 0 aliphatic heterocycles. The van der Waals surface area contributed by atoms with E-state index in [-0.39, 0.29) is 0 Å². The van der Waals surface area contributed by atoms with Crippen molar-refractivity contribution in [2.45, 2.75) is 39.5 Å². The standard InChI is InChI=1S/C6H12O.C4H12N2/c1-3-6(4-2)5-7;5-3-1-2-4-6/h5-6H,3-4H2,1-2H3;1-6H2. The fourth-order valence-corrected chi connectivity index (χ4v) is 0.770. The summed E-state index contributed by atoms with van der Waals surface area (Å²) in [5.41, 5.74) is 10.3. The van der Waals surface area contributed by atoms with Crippen LogP contribution in [0.3, 0.4) is 0 Å². The van der Waals surface area contributed by atoms with Gasteiger partial charge in [0.1, 0.15) is 6.29 Å². The number of hydrogen-bond acceptors (Lipinski definition) is 3. The van der Waals surface area contributed by atoms with E-state index in [0.717, 1.165) is 45.1 Å². The molecule has 0 aliphatic carbocycles. The first-order valence-electron chi connectivity index (χ1n) is 5.12. The summed E-state index contributed by atoms with van der Waals surface area (Å²) >= 11 is 0. The largest absolute Gasteiger partial charge is 0.330 e. The highest BCUT2D eigenvalue weighted by molar-refractivity contribution is 5.52. The van der Waals surface area contributed by atoms with Crippen molar-refractivity contribution in [2.24, 2.45) is 17.4 Å². The van der Waals surface area contributed by atoms with Crippen molar-refractivity contribution in [3.05, 3.63) is 0 Å². The molecular formula is C10H24N2O. The Hall–Kier alpha value is -0.410. The van der Waals surface area contributed by atoms with Gasteiger partial charge < -0.3 is 16.3 Å². The van der Waals surface area contributed by atoms with Crippen LogP contribution in [0.4, 0.5) is 0 Å². The topological polar surface area (TPSA) is 69.1 Å². The monoisotopic (exact) mass is 188 g/mol. The van der Waals surface area contributed by atoms with Gasteiger partial charge in [-0.1, -0.05) is 13.8 Å². The third-order valence-corrected chi connectivity index (χ3v) is 1.90. The average molecular weight is 188 g/mol. The van der Waals surface area contributed by atoms with Crippen LogP contribution < -0.4 is 11.5 Å². The van der Waals surface area contributed by atoms with E-state index in [2.05, 4.69) is 0 Å². The lowest BCUT2D eigenvalue weighted by Crippen LogP contribution is -2.03. The van der Waals surface area contributed by atoms with Crippen molar-refractivity contribution in [2.75, 3.05) is 13.1 Å². The molecular weight excluding hydrogens is 164 g/mol. The zero-order valence-electron chi connectivity index (χ0n) is 8.96. The summed E-state index contributed by atoms with van der Waals surface area (Å²) in [6.45, 7) is 5.61. The lowest BCUT2D eigenvalue weighted by molar-refractivity contribution is -0.111. The van der Waals surface area contributed by atoms with E-state index < -0.39 is 0 Å². The molecule has 0 fully saturated rings. The molecule has 0 radical (unpaired) electrons. The van der Waals surface area contributed by atoms with Gasteiger partial charge in [-0.05, 0) is 38.8 Å². The van der Waals surface area contributed by atoms with Gasteiger partial charge in [-0.15, -0.1) is 0 Å². The highest BCUT2D eigenvalue weighted by Crippen LogP contribution is 2.01. The Balaban J connectivity index is 0. The molecule has 0 aromatic heterocycles. The predicted molar refractivity (Wildman–Crippen MR) is 57.5 cm³/mol. The fraction of sp³-hybridized carbons (Fsp3) is 0.900. The highest BCUT2D eigenvalue weighted by Gasteiger charge is 1.96. The van der Waals surface area contributed by atoms with Gasteiger partial charge in [0.15, 0.2) is 0 Å². The molecule has 0 atom stereocenters. The van der Waals surface area contributed by atoms with E-state index in [1.165, 1.54) is 0 Å². The van der Waals surface area contributed by atoms with Crippen LogP contribution in [0.25, 0.3) is 0 Å². The van der Waals surface area contributed by atoms with Gasteiger partial charge in [0, 0.05) is 5.92 Å². The Kier molecular flexibility index (Phi) is 16.4. The van der Waals surface area contributed by atoms with Gasteiger partial charge >= 0.3 is 0 Å². The number of rotatable bonds is 6. The second kappa shape index (κ2) is 14.1. The van der Waals surface area contributed by atoms with Gasteiger partial charge in [-0.3, -0.25) is 0 Å². The van der Waals surface area contributed by atoms with Gasteiger partial charge in [0.25, 0.3) is 0 Å². The smallest absolute Gasteiger partial charge is 0.123 e. The molecule has 3 nitrogen and oxygen atoms in total. The average Bonchev–Trinajstić information content (AvgIpc) is 2.18. The summed E-state index contributed by atoms with van der Waals surface area (Å²) in [5.74, 6) is 0.306. The molecule has 80 valence electrons. The highest BCUT2D eigenvalue weighted by atomic mass is 16.1. The summed E-state index contributed by atoms with van der Waals surface area (Å²) in [7, 11) is 0. The second-order valence-electron chi connectivity index (χ2n) is 3.00. The maximum absolute atomic E-state index is 9.97. The minimum absolute atomic E-state index is 0.306. The number of nitrogens with two attached hydrogens (primary N) is 2. The van der Waals surface area contributed by atoms with E-state index in [1.807, 2.05) is 13.8 Å². The Bertz CT molecular complexity index is 88.9. The van der Waals surface area contributed by atoms with Gasteiger partial charge in [-0.25, -0.2) is 0 Å². The molecule has 0 unspecified atom stereocenters. The number of carbonyl (C=O) groups is 1. The van der Waals surface area contributed by atoms with Crippen molar-refractivity contribution in [1.82, 2.24) is 0 Å². The summed E-state index contributed by atoms with van der Waals surface area (Å²) in [6, 6.07) is 0. The van der Waals surface area contributed by atoms with Crippen molar-refractivity contribution in [1.29, 1.82) is 0 Å². The Morgan fingerprint density at radius 1 is 1.08 bits per heavy atom. The number of carbonyl (C=O) groups excluding carboxylic acids is 1. The molecule has 0 rings (SSSR count). The maximum Gasteiger partial charge on any atom is 0.123 e. The molecule has 0 saturated heterocycles. The van der Waals surface area contributed by atoms with Gasteiger partial charge in [0.05, 0.1) is 0 Å². The van der Waals surface area contributed by atoms with Gasteiger partial charge in [-0.2, -0.15) is 0 Å². The van der Waals surface area contributed by atoms with Crippen LogP contribution in [0, 0.1) is 5.92 Å². The molecule has 0 spiro atoms. The Labute approximate surface area is 81.9 Å². The Morgan fingerprint density at radius 2 is 1.46 bits per heavy atom. The van der Waals surface area contributed by atoms with Crippen LogP contribution in [-0.2, 0) is 4.79 Å². The molecule has 0 aromatic carbocycles. The molecule has 4 N–H and O–H groups in total.